The van der Waals surface area contributed by atoms with Crippen molar-refractivity contribution in [3.8, 4) is 11.1 Å². The van der Waals surface area contributed by atoms with Crippen LogP contribution in [0.5, 0.6) is 0 Å². The third-order valence-corrected chi connectivity index (χ3v) is 7.08. The summed E-state index contributed by atoms with van der Waals surface area (Å²) >= 11 is 4.28. The number of nitrogens with zero attached hydrogens (tertiary/aromatic N) is 1. The van der Waals surface area contributed by atoms with Gasteiger partial charge in [-0.05, 0) is 35.4 Å². The van der Waals surface area contributed by atoms with Gasteiger partial charge in [0.25, 0.3) is 0 Å². The van der Waals surface area contributed by atoms with E-state index in [1.54, 1.807) is 0 Å². The van der Waals surface area contributed by atoms with E-state index in [2.05, 4.69) is 123 Å². The van der Waals surface area contributed by atoms with Crippen LogP contribution in [-0.2, 0) is 0 Å². The first kappa shape index (κ1) is 16.8. The lowest BCUT2D eigenvalue weighted by Crippen LogP contribution is -2.00. The lowest BCUT2D eigenvalue weighted by Gasteiger charge is -2.18. The largest absolute Gasteiger partial charge is 0.282 e. The van der Waals surface area contributed by atoms with Gasteiger partial charge in [-0.1, -0.05) is 72.8 Å². The molecule has 0 unspecified atom stereocenters. The van der Waals surface area contributed by atoms with Gasteiger partial charge in [0.05, 0.1) is 38.9 Å². The molecule has 0 aliphatic heterocycles. The van der Waals surface area contributed by atoms with Crippen molar-refractivity contribution < 1.29 is 0 Å². The van der Waals surface area contributed by atoms with Crippen molar-refractivity contribution in [2.75, 3.05) is 3.11 Å². The molecule has 5 rings (SSSR count). The molecule has 0 bridgehead atoms. The summed E-state index contributed by atoms with van der Waals surface area (Å²) in [5, 5.41) is 2.67. The highest BCUT2D eigenvalue weighted by Gasteiger charge is 2.13. The van der Waals surface area contributed by atoms with E-state index in [1.807, 2.05) is 11.3 Å². The molecule has 0 saturated carbocycles. The highest BCUT2D eigenvalue weighted by molar-refractivity contribution is 14.1. The number of halogens is 1. The van der Waals surface area contributed by atoms with E-state index in [1.165, 1.54) is 42.7 Å². The van der Waals surface area contributed by atoms with Crippen molar-refractivity contribution in [2.24, 2.45) is 0 Å². The summed E-state index contributed by atoms with van der Waals surface area (Å²) in [6.45, 7) is 0. The summed E-state index contributed by atoms with van der Waals surface area (Å²) in [5.74, 6) is 0. The maximum absolute atomic E-state index is 2.41. The minimum absolute atomic E-state index is 1.18. The maximum Gasteiger partial charge on any atom is 0.0689 e. The van der Waals surface area contributed by atoms with Crippen LogP contribution >= 0.6 is 34.2 Å². The van der Waals surface area contributed by atoms with Crippen LogP contribution in [0.4, 0.5) is 11.4 Å². The zero-order chi connectivity index (χ0) is 18.2. The maximum atomic E-state index is 2.41. The highest BCUT2D eigenvalue weighted by atomic mass is 127. The molecule has 3 heteroatoms. The van der Waals surface area contributed by atoms with E-state index >= 15 is 0 Å². The molecule has 0 atom stereocenters. The third-order valence-electron chi connectivity index (χ3n) is 4.80. The Morgan fingerprint density at radius 1 is 0.593 bits per heavy atom. The van der Waals surface area contributed by atoms with Crippen molar-refractivity contribution in [1.29, 1.82) is 0 Å². The molecule has 0 fully saturated rings. The Bertz CT molecular complexity index is 1230. The summed E-state index contributed by atoms with van der Waals surface area (Å²) in [7, 11) is 0. The Balaban J connectivity index is 1.57. The van der Waals surface area contributed by atoms with Crippen molar-refractivity contribution >= 4 is 65.7 Å². The van der Waals surface area contributed by atoms with Crippen LogP contribution in [-0.4, -0.2) is 0 Å². The Labute approximate surface area is 176 Å². The smallest absolute Gasteiger partial charge is 0.0689 e. The molecular weight excluding hydrogens is 461 g/mol. The van der Waals surface area contributed by atoms with Crippen LogP contribution < -0.4 is 3.11 Å². The van der Waals surface area contributed by atoms with Crippen molar-refractivity contribution in [3.63, 3.8) is 0 Å². The lowest BCUT2D eigenvalue weighted by molar-refractivity contribution is 1.50. The molecule has 0 spiro atoms. The molecule has 5 aromatic rings. The molecule has 0 aliphatic carbocycles. The lowest BCUT2D eigenvalue weighted by atomic mass is 10.1. The standard InChI is InChI=1S/C24H16INS/c25-26(19-15-13-18(14-16-19)17-7-2-1-3-8-17)22-11-6-10-21-20-9-4-5-12-23(20)27-24(21)22/h1-16H. The van der Waals surface area contributed by atoms with Crippen molar-refractivity contribution in [3.05, 3.63) is 97.1 Å². The van der Waals surface area contributed by atoms with E-state index in [9.17, 15) is 0 Å². The molecule has 0 amide bonds. The summed E-state index contributed by atoms with van der Waals surface area (Å²) in [5.41, 5.74) is 4.90. The number of hydrogen-bond donors (Lipinski definition) is 0. The fourth-order valence-electron chi connectivity index (χ4n) is 3.44. The van der Waals surface area contributed by atoms with E-state index < -0.39 is 0 Å². The Morgan fingerprint density at radius 2 is 1.26 bits per heavy atom. The van der Waals surface area contributed by atoms with Crippen molar-refractivity contribution in [2.45, 2.75) is 0 Å². The third kappa shape index (κ3) is 3.01. The molecule has 0 radical (unpaired) electrons. The molecular formula is C24H16INS. The van der Waals surface area contributed by atoms with Crippen LogP contribution in [0.1, 0.15) is 0 Å². The van der Waals surface area contributed by atoms with Gasteiger partial charge in [0.2, 0.25) is 0 Å². The first-order valence-electron chi connectivity index (χ1n) is 8.83. The average molecular weight is 477 g/mol. The number of anilines is 2. The van der Waals surface area contributed by atoms with Crippen LogP contribution in [0.3, 0.4) is 0 Å². The second kappa shape index (κ2) is 6.98. The SMILES string of the molecule is IN(c1ccc(-c2ccccc2)cc1)c1cccc2c1sc1ccccc12. The second-order valence-electron chi connectivity index (χ2n) is 6.45. The summed E-state index contributed by atoms with van der Waals surface area (Å²) in [4.78, 5) is 0. The molecule has 1 heterocycles. The van der Waals surface area contributed by atoms with E-state index in [4.69, 9.17) is 0 Å². The second-order valence-corrected chi connectivity index (χ2v) is 8.46. The minimum Gasteiger partial charge on any atom is -0.282 e. The summed E-state index contributed by atoms with van der Waals surface area (Å²) in [6, 6.07) is 34.5. The van der Waals surface area contributed by atoms with Gasteiger partial charge >= 0.3 is 0 Å². The van der Waals surface area contributed by atoms with Gasteiger partial charge in [0, 0.05) is 15.5 Å². The topological polar surface area (TPSA) is 3.24 Å². The molecule has 130 valence electrons. The summed E-state index contributed by atoms with van der Waals surface area (Å²) in [6.07, 6.45) is 0. The van der Waals surface area contributed by atoms with Crippen molar-refractivity contribution in [1.82, 2.24) is 0 Å². The number of benzene rings is 4. The zero-order valence-electron chi connectivity index (χ0n) is 14.5. The van der Waals surface area contributed by atoms with E-state index in [0.29, 0.717) is 0 Å². The predicted octanol–water partition coefficient (Wildman–Crippen LogP) is 8.21. The van der Waals surface area contributed by atoms with Crippen LogP contribution in [0.15, 0.2) is 97.1 Å². The number of rotatable bonds is 3. The quantitative estimate of drug-likeness (QED) is 0.187. The molecule has 27 heavy (non-hydrogen) atoms. The van der Waals surface area contributed by atoms with Gasteiger partial charge in [0.1, 0.15) is 0 Å². The number of thiophene rings is 1. The molecule has 4 aromatic carbocycles. The average Bonchev–Trinajstić information content (AvgIpc) is 3.13. The normalized spacial score (nSPS) is 11.1. The van der Waals surface area contributed by atoms with Gasteiger partial charge in [-0.2, -0.15) is 0 Å². The first-order valence-corrected chi connectivity index (χ1v) is 10.6. The highest BCUT2D eigenvalue weighted by Crippen LogP contribution is 2.42. The predicted molar refractivity (Wildman–Crippen MR) is 127 cm³/mol. The Morgan fingerprint density at radius 3 is 2.07 bits per heavy atom. The molecule has 1 nitrogen and oxygen atoms in total. The zero-order valence-corrected chi connectivity index (χ0v) is 17.4. The number of fused-ring (bicyclic) bond motifs is 3. The van der Waals surface area contributed by atoms with Gasteiger partial charge in [-0.3, -0.25) is 3.11 Å². The summed E-state index contributed by atoms with van der Waals surface area (Å²) < 4.78 is 4.92. The number of hydrogen-bond acceptors (Lipinski definition) is 2. The fraction of sp³-hybridized carbons (Fsp3) is 0. The molecule has 1 aromatic heterocycles. The molecule has 0 aliphatic rings. The van der Waals surface area contributed by atoms with Gasteiger partial charge < -0.3 is 0 Å². The van der Waals surface area contributed by atoms with Gasteiger partial charge in [0.15, 0.2) is 0 Å². The van der Waals surface area contributed by atoms with Crippen LogP contribution in [0, 0.1) is 0 Å². The van der Waals surface area contributed by atoms with Crippen LogP contribution in [0.2, 0.25) is 0 Å². The Kier molecular flexibility index (Phi) is 4.34. The molecule has 0 saturated heterocycles. The fourth-order valence-corrected chi connectivity index (χ4v) is 5.53. The van der Waals surface area contributed by atoms with E-state index in [0.717, 1.165) is 0 Å². The first-order chi connectivity index (χ1) is 13.3. The minimum atomic E-state index is 1.18. The monoisotopic (exact) mass is 477 g/mol. The van der Waals surface area contributed by atoms with Gasteiger partial charge in [-0.15, -0.1) is 11.3 Å². The van der Waals surface area contributed by atoms with E-state index in [-0.39, 0.29) is 0 Å². The Hall–Kier alpha value is -2.37. The van der Waals surface area contributed by atoms with Gasteiger partial charge in [-0.25, -0.2) is 0 Å². The van der Waals surface area contributed by atoms with Crippen LogP contribution in [0.25, 0.3) is 31.3 Å². The molecule has 0 N–H and O–H groups in total.